The summed E-state index contributed by atoms with van der Waals surface area (Å²) in [5, 5.41) is 7.74. The van der Waals surface area contributed by atoms with Crippen molar-refractivity contribution < 1.29 is 0 Å². The fourth-order valence-corrected chi connectivity index (χ4v) is 1.77. The van der Waals surface area contributed by atoms with Gasteiger partial charge in [0.25, 0.3) is 0 Å². The molecule has 4 heteroatoms. The number of aromatic nitrogens is 3. The first-order valence-corrected chi connectivity index (χ1v) is 4.98. The van der Waals surface area contributed by atoms with Gasteiger partial charge in [0.15, 0.2) is 0 Å². The summed E-state index contributed by atoms with van der Waals surface area (Å²) < 4.78 is 0. The first kappa shape index (κ1) is 8.91. The van der Waals surface area contributed by atoms with Crippen LogP contribution in [0.15, 0.2) is 42.7 Å². The summed E-state index contributed by atoms with van der Waals surface area (Å²) in [6.45, 7) is 0. The maximum absolute atomic E-state index is 5.78. The number of pyridine rings is 1. The van der Waals surface area contributed by atoms with Crippen molar-refractivity contribution in [2.45, 2.75) is 0 Å². The molecule has 0 amide bonds. The molecule has 3 rings (SSSR count). The number of fused-ring (bicyclic) bond motifs is 1. The van der Waals surface area contributed by atoms with E-state index in [1.807, 2.05) is 24.3 Å². The van der Waals surface area contributed by atoms with Gasteiger partial charge in [-0.25, -0.2) is 0 Å². The highest BCUT2D eigenvalue weighted by Gasteiger charge is 2.05. The lowest BCUT2D eigenvalue weighted by atomic mass is 10.1. The molecule has 1 aromatic carbocycles. The van der Waals surface area contributed by atoms with Crippen molar-refractivity contribution in [2.75, 3.05) is 5.73 Å². The van der Waals surface area contributed by atoms with Crippen molar-refractivity contribution in [1.82, 2.24) is 15.2 Å². The molecule has 0 radical (unpaired) electrons. The van der Waals surface area contributed by atoms with Gasteiger partial charge in [-0.3, -0.25) is 10.1 Å². The van der Waals surface area contributed by atoms with Gasteiger partial charge in [-0.1, -0.05) is 12.1 Å². The number of rotatable bonds is 1. The van der Waals surface area contributed by atoms with Crippen LogP contribution in [-0.2, 0) is 0 Å². The van der Waals surface area contributed by atoms with E-state index in [2.05, 4.69) is 21.2 Å². The molecule has 0 aliphatic carbocycles. The van der Waals surface area contributed by atoms with E-state index in [9.17, 15) is 0 Å². The normalized spacial score (nSPS) is 10.8. The van der Waals surface area contributed by atoms with E-state index in [-0.39, 0.29) is 0 Å². The Morgan fingerprint density at radius 1 is 1.19 bits per heavy atom. The van der Waals surface area contributed by atoms with Crippen molar-refractivity contribution in [1.29, 1.82) is 0 Å². The van der Waals surface area contributed by atoms with Crippen molar-refractivity contribution in [3.05, 3.63) is 42.7 Å². The zero-order valence-corrected chi connectivity index (χ0v) is 8.51. The van der Waals surface area contributed by atoms with Gasteiger partial charge < -0.3 is 5.73 Å². The Morgan fingerprint density at radius 2 is 2.12 bits per heavy atom. The molecule has 16 heavy (non-hydrogen) atoms. The third-order valence-electron chi connectivity index (χ3n) is 2.58. The molecule has 3 aromatic rings. The Morgan fingerprint density at radius 3 is 2.94 bits per heavy atom. The number of benzene rings is 1. The van der Waals surface area contributed by atoms with Crippen molar-refractivity contribution in [2.24, 2.45) is 0 Å². The van der Waals surface area contributed by atoms with Crippen LogP contribution in [0.2, 0.25) is 0 Å². The number of anilines is 1. The van der Waals surface area contributed by atoms with E-state index in [1.165, 1.54) is 0 Å². The van der Waals surface area contributed by atoms with Gasteiger partial charge in [-0.05, 0) is 23.8 Å². The molecule has 0 aliphatic heterocycles. The number of nitrogens with two attached hydrogens (primary N) is 1. The highest BCUT2D eigenvalue weighted by Crippen LogP contribution is 2.26. The number of nitrogens with zero attached hydrogens (tertiary/aromatic N) is 2. The lowest BCUT2D eigenvalue weighted by Gasteiger charge is -2.01. The van der Waals surface area contributed by atoms with Crippen molar-refractivity contribution in [3.8, 4) is 11.1 Å². The fourth-order valence-electron chi connectivity index (χ4n) is 1.77. The molecular weight excluding hydrogens is 200 g/mol. The summed E-state index contributed by atoms with van der Waals surface area (Å²) in [6.07, 6.45) is 3.51. The van der Waals surface area contributed by atoms with Crippen LogP contribution in [0.5, 0.6) is 0 Å². The molecule has 0 atom stereocenters. The fraction of sp³-hybridized carbons (Fsp3) is 0. The van der Waals surface area contributed by atoms with E-state index >= 15 is 0 Å². The van der Waals surface area contributed by atoms with Crippen LogP contribution in [-0.4, -0.2) is 15.2 Å². The number of hydrogen-bond donors (Lipinski definition) is 2. The van der Waals surface area contributed by atoms with Gasteiger partial charge in [0.1, 0.15) is 5.82 Å². The topological polar surface area (TPSA) is 67.6 Å². The molecule has 0 unspecified atom stereocenters. The Kier molecular flexibility index (Phi) is 1.86. The molecule has 2 heterocycles. The third kappa shape index (κ3) is 1.32. The quantitative estimate of drug-likeness (QED) is 0.647. The molecule has 4 nitrogen and oxygen atoms in total. The maximum Gasteiger partial charge on any atom is 0.126 e. The third-order valence-corrected chi connectivity index (χ3v) is 2.58. The number of hydrogen-bond acceptors (Lipinski definition) is 3. The molecule has 78 valence electrons. The molecule has 3 N–H and O–H groups in total. The number of H-pyrrole nitrogens is 1. The molecule has 2 aromatic heterocycles. The van der Waals surface area contributed by atoms with Crippen LogP contribution in [0.1, 0.15) is 0 Å². The van der Waals surface area contributed by atoms with Gasteiger partial charge in [-0.2, -0.15) is 5.10 Å². The number of aromatic amines is 1. The highest BCUT2D eigenvalue weighted by molar-refractivity contribution is 5.86. The predicted octanol–water partition coefficient (Wildman–Crippen LogP) is 2.21. The zero-order chi connectivity index (χ0) is 11.0. The first-order chi connectivity index (χ1) is 7.84. The Balaban J connectivity index is 2.23. The second kappa shape index (κ2) is 3.34. The summed E-state index contributed by atoms with van der Waals surface area (Å²) >= 11 is 0. The van der Waals surface area contributed by atoms with Crippen LogP contribution >= 0.6 is 0 Å². The van der Waals surface area contributed by atoms with Gasteiger partial charge >= 0.3 is 0 Å². The van der Waals surface area contributed by atoms with Crippen molar-refractivity contribution >= 4 is 16.7 Å². The zero-order valence-electron chi connectivity index (χ0n) is 8.51. The minimum Gasteiger partial charge on any atom is -0.384 e. The van der Waals surface area contributed by atoms with Gasteiger partial charge in [0, 0.05) is 17.1 Å². The molecule has 0 fully saturated rings. The molecular formula is C12H10N4. The lowest BCUT2D eigenvalue weighted by Crippen LogP contribution is -1.87. The molecule has 0 saturated heterocycles. The largest absolute Gasteiger partial charge is 0.384 e. The minimum absolute atomic E-state index is 0.586. The highest BCUT2D eigenvalue weighted by atomic mass is 15.1. The maximum atomic E-state index is 5.78. The average Bonchev–Trinajstić information content (AvgIpc) is 2.75. The standard InChI is InChI=1S/C12H10N4/c13-12-10(7-15-16-12)8-3-4-11-9(6-8)2-1-5-14-11/h1-7H,(H3,13,15,16). The molecule has 0 aliphatic rings. The Bertz CT molecular complexity index is 642. The van der Waals surface area contributed by atoms with Crippen LogP contribution < -0.4 is 5.73 Å². The monoisotopic (exact) mass is 210 g/mol. The average molecular weight is 210 g/mol. The van der Waals surface area contributed by atoms with E-state index in [0.29, 0.717) is 5.82 Å². The van der Waals surface area contributed by atoms with Gasteiger partial charge in [0.05, 0.1) is 11.7 Å². The summed E-state index contributed by atoms with van der Waals surface area (Å²) in [4.78, 5) is 4.27. The van der Waals surface area contributed by atoms with Crippen molar-refractivity contribution in [3.63, 3.8) is 0 Å². The lowest BCUT2D eigenvalue weighted by molar-refractivity contribution is 1.10. The van der Waals surface area contributed by atoms with Crippen LogP contribution in [0.3, 0.4) is 0 Å². The Hall–Kier alpha value is -2.36. The SMILES string of the molecule is Nc1[nH]ncc1-c1ccc2ncccc2c1. The smallest absolute Gasteiger partial charge is 0.126 e. The van der Waals surface area contributed by atoms with E-state index in [4.69, 9.17) is 5.73 Å². The number of nitrogens with one attached hydrogen (secondary N) is 1. The molecule has 0 spiro atoms. The van der Waals surface area contributed by atoms with Crippen LogP contribution in [0, 0.1) is 0 Å². The van der Waals surface area contributed by atoms with Crippen LogP contribution in [0.4, 0.5) is 5.82 Å². The second-order valence-electron chi connectivity index (χ2n) is 3.61. The van der Waals surface area contributed by atoms with E-state index in [1.54, 1.807) is 12.4 Å². The first-order valence-electron chi connectivity index (χ1n) is 4.98. The predicted molar refractivity (Wildman–Crippen MR) is 63.7 cm³/mol. The molecule has 0 saturated carbocycles. The summed E-state index contributed by atoms with van der Waals surface area (Å²) in [5.74, 6) is 0.586. The summed E-state index contributed by atoms with van der Waals surface area (Å²) in [6, 6.07) is 9.99. The van der Waals surface area contributed by atoms with Gasteiger partial charge in [0.2, 0.25) is 0 Å². The number of nitrogen functional groups attached to an aromatic ring is 1. The second-order valence-corrected chi connectivity index (χ2v) is 3.61. The Labute approximate surface area is 92.1 Å². The summed E-state index contributed by atoms with van der Waals surface area (Å²) in [7, 11) is 0. The minimum atomic E-state index is 0.586. The van der Waals surface area contributed by atoms with E-state index < -0.39 is 0 Å². The summed E-state index contributed by atoms with van der Waals surface area (Å²) in [5.41, 5.74) is 8.73. The van der Waals surface area contributed by atoms with E-state index in [0.717, 1.165) is 22.0 Å². The molecule has 0 bridgehead atoms. The van der Waals surface area contributed by atoms with Gasteiger partial charge in [-0.15, -0.1) is 0 Å². The van der Waals surface area contributed by atoms with Crippen LogP contribution in [0.25, 0.3) is 22.0 Å².